The Morgan fingerprint density at radius 3 is 2.56 bits per heavy atom. The van der Waals surface area contributed by atoms with Gasteiger partial charge in [0.15, 0.2) is 5.16 Å². The van der Waals surface area contributed by atoms with Gasteiger partial charge < -0.3 is 14.6 Å². The molecule has 0 unspecified atom stereocenters. The molecule has 4 rings (SSSR count). The molecule has 10 heteroatoms. The molecule has 1 aromatic carbocycles. The second-order valence-corrected chi connectivity index (χ2v) is 8.27. The van der Waals surface area contributed by atoms with Gasteiger partial charge in [-0.05, 0) is 42.7 Å². The molecule has 3 heterocycles. The zero-order valence-corrected chi connectivity index (χ0v) is 17.9. The quantitative estimate of drug-likeness (QED) is 0.397. The van der Waals surface area contributed by atoms with E-state index in [2.05, 4.69) is 20.2 Å². The van der Waals surface area contributed by atoms with Crippen LogP contribution in [0.1, 0.15) is 40.1 Å². The fraction of sp³-hybridized carbons (Fsp3) is 0.318. The third-order valence-corrected chi connectivity index (χ3v) is 5.94. The Morgan fingerprint density at radius 1 is 1.16 bits per heavy atom. The first-order valence-corrected chi connectivity index (χ1v) is 11.1. The third kappa shape index (κ3) is 5.42. The summed E-state index contributed by atoms with van der Waals surface area (Å²) in [5.41, 5.74) is 0.196. The van der Waals surface area contributed by atoms with Crippen LogP contribution in [0.15, 0.2) is 58.4 Å². The van der Waals surface area contributed by atoms with E-state index in [0.29, 0.717) is 27.9 Å². The number of benzene rings is 1. The van der Waals surface area contributed by atoms with Crippen molar-refractivity contribution in [3.8, 4) is 0 Å². The molecule has 3 aromatic rings. The molecule has 1 fully saturated rings. The first kappa shape index (κ1) is 22.2. The van der Waals surface area contributed by atoms with Gasteiger partial charge in [0.05, 0.1) is 17.6 Å². The highest BCUT2D eigenvalue weighted by Crippen LogP contribution is 2.29. The van der Waals surface area contributed by atoms with Crippen molar-refractivity contribution in [1.29, 1.82) is 0 Å². The number of nitrogens with one attached hydrogen (secondary N) is 1. The van der Waals surface area contributed by atoms with Gasteiger partial charge in [0.1, 0.15) is 17.1 Å². The van der Waals surface area contributed by atoms with E-state index >= 15 is 0 Å². The van der Waals surface area contributed by atoms with Gasteiger partial charge >= 0.3 is 6.18 Å². The summed E-state index contributed by atoms with van der Waals surface area (Å²) in [4.78, 5) is 23.9. The highest BCUT2D eigenvalue weighted by molar-refractivity contribution is 7.98. The standard InChI is InChI=1S/C22H21F3N4O2S/c23-22(24,25)16-7-5-15(6-8-16)12-26-20(30)18-13-27-21(32-14-17-4-3-11-31-17)28-19(18)29-9-1-2-10-29/h3-8,11,13H,1-2,9-10,12,14H2,(H,26,30). The highest BCUT2D eigenvalue weighted by atomic mass is 32.2. The topological polar surface area (TPSA) is 71.3 Å². The fourth-order valence-corrected chi connectivity index (χ4v) is 4.09. The lowest BCUT2D eigenvalue weighted by molar-refractivity contribution is -0.137. The zero-order chi connectivity index (χ0) is 22.6. The van der Waals surface area contributed by atoms with Crippen molar-refractivity contribution in [2.24, 2.45) is 0 Å². The maximum absolute atomic E-state index is 12.9. The number of furan rings is 1. The summed E-state index contributed by atoms with van der Waals surface area (Å²) in [5.74, 6) is 1.59. The van der Waals surface area contributed by atoms with Crippen LogP contribution in [0.3, 0.4) is 0 Å². The fourth-order valence-electron chi connectivity index (χ4n) is 3.38. The van der Waals surface area contributed by atoms with Crippen molar-refractivity contribution in [3.05, 3.63) is 71.3 Å². The predicted molar refractivity (Wildman–Crippen MR) is 114 cm³/mol. The van der Waals surface area contributed by atoms with Crippen LogP contribution in [0.2, 0.25) is 0 Å². The largest absolute Gasteiger partial charge is 0.468 e. The van der Waals surface area contributed by atoms with E-state index in [4.69, 9.17) is 4.42 Å². The molecule has 0 spiro atoms. The Kier molecular flexibility index (Phi) is 6.69. The van der Waals surface area contributed by atoms with E-state index in [1.54, 1.807) is 6.26 Å². The van der Waals surface area contributed by atoms with Gasteiger partial charge in [-0.3, -0.25) is 4.79 Å². The van der Waals surface area contributed by atoms with Crippen molar-refractivity contribution in [1.82, 2.24) is 15.3 Å². The minimum atomic E-state index is -4.39. The van der Waals surface area contributed by atoms with Crippen molar-refractivity contribution in [2.75, 3.05) is 18.0 Å². The van der Waals surface area contributed by atoms with Crippen molar-refractivity contribution in [2.45, 2.75) is 36.5 Å². The van der Waals surface area contributed by atoms with Crippen LogP contribution in [0.4, 0.5) is 19.0 Å². The average Bonchev–Trinajstić information content (AvgIpc) is 3.50. The lowest BCUT2D eigenvalue weighted by Crippen LogP contribution is -2.28. The summed E-state index contributed by atoms with van der Waals surface area (Å²) >= 11 is 1.42. The third-order valence-electron chi connectivity index (χ3n) is 5.05. The predicted octanol–water partition coefficient (Wildman–Crippen LogP) is 4.91. The summed E-state index contributed by atoms with van der Waals surface area (Å²) in [6.07, 6.45) is 0.765. The Bertz CT molecular complexity index is 1050. The molecule has 1 amide bonds. The minimum absolute atomic E-state index is 0.103. The molecule has 0 radical (unpaired) electrons. The molecule has 0 bridgehead atoms. The number of hydrogen-bond donors (Lipinski definition) is 1. The van der Waals surface area contributed by atoms with Crippen LogP contribution in [-0.2, 0) is 18.5 Å². The Balaban J connectivity index is 1.46. The summed E-state index contributed by atoms with van der Waals surface area (Å²) in [5, 5.41) is 3.31. The van der Waals surface area contributed by atoms with Gasteiger partial charge in [0, 0.05) is 25.8 Å². The van der Waals surface area contributed by atoms with E-state index in [1.165, 1.54) is 30.1 Å². The first-order chi connectivity index (χ1) is 15.4. The van der Waals surface area contributed by atoms with Crippen LogP contribution in [0.5, 0.6) is 0 Å². The molecule has 2 aromatic heterocycles. The van der Waals surface area contributed by atoms with Gasteiger partial charge in [-0.25, -0.2) is 9.97 Å². The molecule has 0 aliphatic carbocycles. The van der Waals surface area contributed by atoms with E-state index in [1.807, 2.05) is 12.1 Å². The number of carbonyl (C=O) groups is 1. The Labute approximate surface area is 187 Å². The smallest absolute Gasteiger partial charge is 0.416 e. The number of thioether (sulfide) groups is 1. The van der Waals surface area contributed by atoms with Gasteiger partial charge in [0.2, 0.25) is 0 Å². The van der Waals surface area contributed by atoms with Crippen LogP contribution < -0.4 is 10.2 Å². The minimum Gasteiger partial charge on any atom is -0.468 e. The molecule has 1 aliphatic heterocycles. The lowest BCUT2D eigenvalue weighted by atomic mass is 10.1. The number of amides is 1. The summed E-state index contributed by atoms with van der Waals surface area (Å²) in [7, 11) is 0. The van der Waals surface area contributed by atoms with Crippen LogP contribution in [0, 0.1) is 0 Å². The average molecular weight is 462 g/mol. The molecule has 6 nitrogen and oxygen atoms in total. The Hall–Kier alpha value is -3.01. The van der Waals surface area contributed by atoms with E-state index in [0.717, 1.165) is 43.8 Å². The van der Waals surface area contributed by atoms with Crippen LogP contribution >= 0.6 is 11.8 Å². The second kappa shape index (κ2) is 9.64. The molecule has 0 saturated carbocycles. The molecule has 32 heavy (non-hydrogen) atoms. The van der Waals surface area contributed by atoms with Crippen LogP contribution in [0.25, 0.3) is 0 Å². The maximum Gasteiger partial charge on any atom is 0.416 e. The number of aromatic nitrogens is 2. The van der Waals surface area contributed by atoms with Crippen LogP contribution in [-0.4, -0.2) is 29.0 Å². The van der Waals surface area contributed by atoms with Gasteiger partial charge in [-0.15, -0.1) is 0 Å². The van der Waals surface area contributed by atoms with Gasteiger partial charge in [-0.1, -0.05) is 23.9 Å². The molecule has 1 aliphatic rings. The number of nitrogens with zero attached hydrogens (tertiary/aromatic N) is 3. The summed E-state index contributed by atoms with van der Waals surface area (Å²) < 4.78 is 43.5. The number of hydrogen-bond acceptors (Lipinski definition) is 6. The maximum atomic E-state index is 12.9. The van der Waals surface area contributed by atoms with Crippen molar-refractivity contribution in [3.63, 3.8) is 0 Å². The van der Waals surface area contributed by atoms with E-state index in [-0.39, 0.29) is 12.5 Å². The number of halogens is 3. The highest BCUT2D eigenvalue weighted by Gasteiger charge is 2.30. The van der Waals surface area contributed by atoms with Gasteiger partial charge in [-0.2, -0.15) is 13.2 Å². The number of carbonyl (C=O) groups excluding carboxylic acids is 1. The molecular formula is C22H21F3N4O2S. The van der Waals surface area contributed by atoms with Crippen molar-refractivity contribution >= 4 is 23.5 Å². The lowest BCUT2D eigenvalue weighted by Gasteiger charge is -2.20. The Morgan fingerprint density at radius 2 is 1.91 bits per heavy atom. The first-order valence-electron chi connectivity index (χ1n) is 10.1. The summed E-state index contributed by atoms with van der Waals surface area (Å²) in [6, 6.07) is 8.41. The molecule has 168 valence electrons. The summed E-state index contributed by atoms with van der Waals surface area (Å²) in [6.45, 7) is 1.71. The normalized spacial score (nSPS) is 14.0. The molecule has 0 atom stereocenters. The van der Waals surface area contributed by atoms with E-state index < -0.39 is 11.7 Å². The number of alkyl halides is 3. The van der Waals surface area contributed by atoms with E-state index in [9.17, 15) is 18.0 Å². The molecular weight excluding hydrogens is 441 g/mol. The number of rotatable bonds is 7. The SMILES string of the molecule is O=C(NCc1ccc(C(F)(F)F)cc1)c1cnc(SCc2ccco2)nc1N1CCCC1. The monoisotopic (exact) mass is 462 g/mol. The second-order valence-electron chi connectivity index (χ2n) is 7.33. The molecule has 1 N–H and O–H groups in total. The molecule has 1 saturated heterocycles. The number of anilines is 1. The van der Waals surface area contributed by atoms with Crippen molar-refractivity contribution < 1.29 is 22.4 Å². The zero-order valence-electron chi connectivity index (χ0n) is 17.1. The van der Waals surface area contributed by atoms with Gasteiger partial charge in [0.25, 0.3) is 5.91 Å².